The Hall–Kier alpha value is -2.00. The van der Waals surface area contributed by atoms with Gasteiger partial charge in [-0.3, -0.25) is 4.79 Å². The molecule has 23 heavy (non-hydrogen) atoms. The van der Waals surface area contributed by atoms with E-state index in [0.29, 0.717) is 11.4 Å². The number of aryl methyl sites for hydroxylation is 1. The average molecular weight is 330 g/mol. The van der Waals surface area contributed by atoms with E-state index in [1.165, 1.54) is 0 Å². The molecule has 1 heterocycles. The van der Waals surface area contributed by atoms with Crippen molar-refractivity contribution in [2.75, 3.05) is 5.32 Å². The number of carbonyl (C=O) groups is 1. The van der Waals surface area contributed by atoms with Gasteiger partial charge >= 0.3 is 0 Å². The van der Waals surface area contributed by atoms with E-state index in [9.17, 15) is 4.79 Å². The molecule has 0 fully saturated rings. The molecule has 0 saturated heterocycles. The minimum atomic E-state index is -0.485. The van der Waals surface area contributed by atoms with Gasteiger partial charge < -0.3 is 10.1 Å². The molecule has 0 radical (unpaired) electrons. The van der Waals surface area contributed by atoms with Crippen molar-refractivity contribution in [3.8, 4) is 5.75 Å². The number of nitrogens with one attached hydrogen (secondary N) is 1. The molecule has 3 nitrogen and oxygen atoms in total. The highest BCUT2D eigenvalue weighted by molar-refractivity contribution is 6.32. The number of amides is 1. The molecular weight excluding hydrogens is 310 g/mol. The smallest absolute Gasteiger partial charge is 0.265 e. The predicted molar refractivity (Wildman–Crippen MR) is 93.4 cm³/mol. The van der Waals surface area contributed by atoms with Crippen LogP contribution in [0.25, 0.3) is 0 Å². The standard InChI is InChI=1S/C19H20ClNO2/c1-3-12-9-10-15(20)14(4-2)18(12)21-19(22)17-11-13-7-5-6-8-16(13)23-17/h5-10,17H,3-4,11H2,1-2H3,(H,21,22). The van der Waals surface area contributed by atoms with E-state index >= 15 is 0 Å². The zero-order chi connectivity index (χ0) is 16.4. The van der Waals surface area contributed by atoms with Crippen molar-refractivity contribution in [3.63, 3.8) is 0 Å². The number of halogens is 1. The lowest BCUT2D eigenvalue weighted by atomic mass is 10.0. The Kier molecular flexibility index (Phi) is 4.58. The SMILES string of the molecule is CCc1ccc(Cl)c(CC)c1NC(=O)C1Cc2ccccc2O1. The third kappa shape index (κ3) is 3.06. The molecule has 4 heteroatoms. The normalized spacial score (nSPS) is 15.9. The highest BCUT2D eigenvalue weighted by Crippen LogP contribution is 2.32. The van der Waals surface area contributed by atoms with Crippen LogP contribution in [0.2, 0.25) is 5.02 Å². The first-order chi connectivity index (χ1) is 11.1. The van der Waals surface area contributed by atoms with Crippen molar-refractivity contribution < 1.29 is 9.53 Å². The number of hydrogen-bond donors (Lipinski definition) is 1. The van der Waals surface area contributed by atoms with Crippen LogP contribution >= 0.6 is 11.6 Å². The van der Waals surface area contributed by atoms with Gasteiger partial charge in [-0.25, -0.2) is 0 Å². The molecule has 0 aliphatic carbocycles. The number of hydrogen-bond acceptors (Lipinski definition) is 2. The number of carbonyl (C=O) groups excluding carboxylic acids is 1. The van der Waals surface area contributed by atoms with Gasteiger partial charge in [-0.2, -0.15) is 0 Å². The van der Waals surface area contributed by atoms with Gasteiger partial charge in [0.1, 0.15) is 5.75 Å². The molecule has 1 aliphatic heterocycles. The summed E-state index contributed by atoms with van der Waals surface area (Å²) in [6.07, 6.45) is 1.73. The Labute approximate surface area is 141 Å². The summed E-state index contributed by atoms with van der Waals surface area (Å²) in [5.74, 6) is 0.679. The zero-order valence-corrected chi connectivity index (χ0v) is 14.1. The molecule has 3 rings (SSSR count). The Balaban J connectivity index is 1.83. The number of benzene rings is 2. The first kappa shape index (κ1) is 15.9. The molecular formula is C19H20ClNO2. The third-order valence-electron chi connectivity index (χ3n) is 4.26. The fraction of sp³-hybridized carbons (Fsp3) is 0.316. The lowest BCUT2D eigenvalue weighted by molar-refractivity contribution is -0.122. The minimum absolute atomic E-state index is 0.118. The maximum Gasteiger partial charge on any atom is 0.265 e. The topological polar surface area (TPSA) is 38.3 Å². The summed E-state index contributed by atoms with van der Waals surface area (Å²) in [5, 5.41) is 3.74. The summed E-state index contributed by atoms with van der Waals surface area (Å²) in [5.41, 5.74) is 3.99. The Morgan fingerprint density at radius 1 is 1.22 bits per heavy atom. The van der Waals surface area contributed by atoms with Gasteiger partial charge in [0.25, 0.3) is 5.91 Å². The molecule has 0 spiro atoms. The second-order valence-electron chi connectivity index (χ2n) is 5.67. The number of para-hydroxylation sites is 1. The van der Waals surface area contributed by atoms with Crippen molar-refractivity contribution in [2.45, 2.75) is 39.2 Å². The predicted octanol–water partition coefficient (Wildman–Crippen LogP) is 4.41. The summed E-state index contributed by atoms with van der Waals surface area (Å²) in [4.78, 5) is 12.7. The van der Waals surface area contributed by atoms with Crippen LogP contribution in [0.5, 0.6) is 5.75 Å². The first-order valence-electron chi connectivity index (χ1n) is 7.99. The largest absolute Gasteiger partial charge is 0.480 e. The highest BCUT2D eigenvalue weighted by Gasteiger charge is 2.29. The lowest BCUT2D eigenvalue weighted by Crippen LogP contribution is -2.32. The van der Waals surface area contributed by atoms with Gasteiger partial charge in [0.05, 0.1) is 0 Å². The van der Waals surface area contributed by atoms with Crippen molar-refractivity contribution in [1.82, 2.24) is 0 Å². The maximum absolute atomic E-state index is 12.7. The molecule has 1 N–H and O–H groups in total. The van der Waals surface area contributed by atoms with E-state index in [-0.39, 0.29) is 5.91 Å². The zero-order valence-electron chi connectivity index (χ0n) is 13.4. The third-order valence-corrected chi connectivity index (χ3v) is 4.62. The molecule has 0 bridgehead atoms. The van der Waals surface area contributed by atoms with Crippen LogP contribution in [0.15, 0.2) is 36.4 Å². The lowest BCUT2D eigenvalue weighted by Gasteiger charge is -2.18. The van der Waals surface area contributed by atoms with E-state index in [2.05, 4.69) is 12.2 Å². The van der Waals surface area contributed by atoms with Crippen LogP contribution < -0.4 is 10.1 Å². The number of anilines is 1. The summed E-state index contributed by atoms with van der Waals surface area (Å²) >= 11 is 6.29. The molecule has 0 aromatic heterocycles. The van der Waals surface area contributed by atoms with Crippen LogP contribution in [0.3, 0.4) is 0 Å². The second-order valence-corrected chi connectivity index (χ2v) is 6.08. The number of rotatable bonds is 4. The highest BCUT2D eigenvalue weighted by atomic mass is 35.5. The maximum atomic E-state index is 12.7. The monoisotopic (exact) mass is 329 g/mol. The van der Waals surface area contributed by atoms with Gasteiger partial charge in [0.15, 0.2) is 6.10 Å². The summed E-state index contributed by atoms with van der Waals surface area (Å²) < 4.78 is 5.77. The van der Waals surface area contributed by atoms with E-state index in [4.69, 9.17) is 16.3 Å². The van der Waals surface area contributed by atoms with Crippen LogP contribution in [-0.2, 0) is 24.1 Å². The molecule has 0 saturated carbocycles. The summed E-state index contributed by atoms with van der Waals surface area (Å²) in [6.45, 7) is 4.11. The van der Waals surface area contributed by atoms with Crippen molar-refractivity contribution in [2.24, 2.45) is 0 Å². The van der Waals surface area contributed by atoms with Gasteiger partial charge in [-0.05, 0) is 41.7 Å². The Morgan fingerprint density at radius 3 is 2.70 bits per heavy atom. The summed E-state index contributed by atoms with van der Waals surface area (Å²) in [6, 6.07) is 11.6. The summed E-state index contributed by atoms with van der Waals surface area (Å²) in [7, 11) is 0. The molecule has 1 atom stereocenters. The average Bonchev–Trinajstić information content (AvgIpc) is 2.99. The molecule has 2 aromatic carbocycles. The molecule has 120 valence electrons. The second kappa shape index (κ2) is 6.63. The van der Waals surface area contributed by atoms with Gasteiger partial charge in [0, 0.05) is 17.1 Å². The first-order valence-corrected chi connectivity index (χ1v) is 8.37. The molecule has 2 aromatic rings. The van der Waals surface area contributed by atoms with Gasteiger partial charge in [-0.1, -0.05) is 49.7 Å². The minimum Gasteiger partial charge on any atom is -0.480 e. The number of fused-ring (bicyclic) bond motifs is 1. The van der Waals surface area contributed by atoms with E-state index in [1.54, 1.807) is 0 Å². The Bertz CT molecular complexity index is 717. The van der Waals surface area contributed by atoms with E-state index < -0.39 is 6.10 Å². The Morgan fingerprint density at radius 2 is 2.00 bits per heavy atom. The van der Waals surface area contributed by atoms with Crippen molar-refractivity contribution in [1.29, 1.82) is 0 Å². The van der Waals surface area contributed by atoms with Crippen molar-refractivity contribution >= 4 is 23.2 Å². The number of ether oxygens (including phenoxy) is 1. The van der Waals surface area contributed by atoms with Crippen LogP contribution in [-0.4, -0.2) is 12.0 Å². The van der Waals surface area contributed by atoms with Gasteiger partial charge in [0.2, 0.25) is 0 Å². The van der Waals surface area contributed by atoms with Crippen LogP contribution in [0, 0.1) is 0 Å². The van der Waals surface area contributed by atoms with Crippen LogP contribution in [0.1, 0.15) is 30.5 Å². The molecule has 1 unspecified atom stereocenters. The molecule has 1 aliphatic rings. The van der Waals surface area contributed by atoms with Gasteiger partial charge in [-0.15, -0.1) is 0 Å². The fourth-order valence-electron chi connectivity index (χ4n) is 3.00. The quantitative estimate of drug-likeness (QED) is 0.902. The van der Waals surface area contributed by atoms with Crippen molar-refractivity contribution in [3.05, 3.63) is 58.1 Å². The van der Waals surface area contributed by atoms with E-state index in [1.807, 2.05) is 43.3 Å². The van der Waals surface area contributed by atoms with E-state index in [0.717, 1.165) is 41.0 Å². The fourth-order valence-corrected chi connectivity index (χ4v) is 3.29. The molecule has 1 amide bonds. The van der Waals surface area contributed by atoms with Crippen LogP contribution in [0.4, 0.5) is 5.69 Å².